The number of hydrogen-bond donors (Lipinski definition) is 3. The molecule has 10 heavy (non-hydrogen) atoms. The zero-order valence-corrected chi connectivity index (χ0v) is 6.14. The lowest BCUT2D eigenvalue weighted by Gasteiger charge is -2.04. The molecule has 3 nitrogen and oxygen atoms in total. The Kier molecular flexibility index (Phi) is 2.26. The van der Waals surface area contributed by atoms with Crippen molar-refractivity contribution in [2.45, 2.75) is 6.04 Å². The minimum Gasteiger partial charge on any atom is -0.507 e. The van der Waals surface area contributed by atoms with E-state index in [0.29, 0.717) is 4.88 Å². The van der Waals surface area contributed by atoms with E-state index in [-0.39, 0.29) is 12.4 Å². The summed E-state index contributed by atoms with van der Waals surface area (Å²) < 4.78 is 0. The van der Waals surface area contributed by atoms with Crippen LogP contribution in [0.15, 0.2) is 11.4 Å². The minimum atomic E-state index is -0.444. The van der Waals surface area contributed by atoms with E-state index in [0.717, 1.165) is 0 Å². The van der Waals surface area contributed by atoms with Crippen molar-refractivity contribution in [1.29, 1.82) is 0 Å². The third-order valence-electron chi connectivity index (χ3n) is 1.21. The van der Waals surface area contributed by atoms with Crippen LogP contribution in [0.2, 0.25) is 0 Å². The van der Waals surface area contributed by atoms with E-state index < -0.39 is 6.04 Å². The van der Waals surface area contributed by atoms with Crippen LogP contribution in [0, 0.1) is 0 Å². The molecule has 0 amide bonds. The molecule has 1 aromatic heterocycles. The second-order valence-electron chi connectivity index (χ2n) is 1.96. The Labute approximate surface area is 62.7 Å². The summed E-state index contributed by atoms with van der Waals surface area (Å²) in [6, 6.07) is 1.12. The summed E-state index contributed by atoms with van der Waals surface area (Å²) in [6.07, 6.45) is 0. The van der Waals surface area contributed by atoms with Gasteiger partial charge in [0.1, 0.15) is 5.75 Å². The molecule has 56 valence electrons. The van der Waals surface area contributed by atoms with Crippen molar-refractivity contribution in [3.63, 3.8) is 0 Å². The molecule has 0 aliphatic carbocycles. The Bertz CT molecular complexity index is 211. The first-order valence-corrected chi connectivity index (χ1v) is 3.76. The van der Waals surface area contributed by atoms with Gasteiger partial charge in [-0.2, -0.15) is 0 Å². The fourth-order valence-corrected chi connectivity index (χ4v) is 1.46. The first-order chi connectivity index (χ1) is 4.75. The lowest BCUT2D eigenvalue weighted by atomic mass is 10.2. The van der Waals surface area contributed by atoms with Crippen molar-refractivity contribution in [2.24, 2.45) is 5.73 Å². The molecule has 0 aliphatic rings. The van der Waals surface area contributed by atoms with Crippen LogP contribution in [0.25, 0.3) is 0 Å². The number of aliphatic hydroxyl groups is 1. The molecule has 0 fully saturated rings. The van der Waals surface area contributed by atoms with Crippen LogP contribution in [0.1, 0.15) is 10.9 Å². The number of rotatable bonds is 2. The Morgan fingerprint density at radius 2 is 2.40 bits per heavy atom. The summed E-state index contributed by atoms with van der Waals surface area (Å²) in [6.45, 7) is -0.131. The van der Waals surface area contributed by atoms with E-state index in [1.54, 1.807) is 11.4 Å². The van der Waals surface area contributed by atoms with Crippen molar-refractivity contribution in [3.8, 4) is 5.75 Å². The van der Waals surface area contributed by atoms with Gasteiger partial charge in [0.05, 0.1) is 17.5 Å². The van der Waals surface area contributed by atoms with Crippen molar-refractivity contribution in [3.05, 3.63) is 16.3 Å². The molecular formula is C6H9NO2S. The molecule has 1 atom stereocenters. The number of hydrogen-bond acceptors (Lipinski definition) is 4. The molecule has 0 aromatic carbocycles. The summed E-state index contributed by atoms with van der Waals surface area (Å²) in [5.74, 6) is 0.173. The highest BCUT2D eigenvalue weighted by atomic mass is 32.1. The average Bonchev–Trinajstić information content (AvgIpc) is 2.34. The monoisotopic (exact) mass is 159 g/mol. The molecule has 1 rings (SSSR count). The highest BCUT2D eigenvalue weighted by Gasteiger charge is 2.09. The maximum absolute atomic E-state index is 9.07. The van der Waals surface area contributed by atoms with Gasteiger partial charge in [-0.25, -0.2) is 0 Å². The molecule has 0 saturated carbocycles. The van der Waals surface area contributed by atoms with Crippen LogP contribution >= 0.6 is 11.3 Å². The Hall–Kier alpha value is -0.580. The molecule has 4 heteroatoms. The van der Waals surface area contributed by atoms with E-state index in [4.69, 9.17) is 15.9 Å². The van der Waals surface area contributed by atoms with E-state index >= 15 is 0 Å². The zero-order chi connectivity index (χ0) is 7.56. The quantitative estimate of drug-likeness (QED) is 0.586. The van der Waals surface area contributed by atoms with Gasteiger partial charge < -0.3 is 15.9 Å². The molecule has 0 aliphatic heterocycles. The van der Waals surface area contributed by atoms with Gasteiger partial charge in [-0.05, 0) is 11.4 Å². The normalized spacial score (nSPS) is 13.4. The fourth-order valence-electron chi connectivity index (χ4n) is 0.675. The second kappa shape index (κ2) is 3.01. The highest BCUT2D eigenvalue weighted by molar-refractivity contribution is 7.10. The van der Waals surface area contributed by atoms with Gasteiger partial charge in [0, 0.05) is 0 Å². The van der Waals surface area contributed by atoms with Gasteiger partial charge in [0.2, 0.25) is 0 Å². The molecular weight excluding hydrogens is 150 g/mol. The van der Waals surface area contributed by atoms with Gasteiger partial charge in [-0.15, -0.1) is 11.3 Å². The first kappa shape index (κ1) is 7.53. The smallest absolute Gasteiger partial charge is 0.131 e. The van der Waals surface area contributed by atoms with Crippen LogP contribution in [0.5, 0.6) is 5.75 Å². The average molecular weight is 159 g/mol. The van der Waals surface area contributed by atoms with Crippen molar-refractivity contribution in [2.75, 3.05) is 6.61 Å². The van der Waals surface area contributed by atoms with Crippen molar-refractivity contribution >= 4 is 11.3 Å². The van der Waals surface area contributed by atoms with Gasteiger partial charge in [0.25, 0.3) is 0 Å². The molecule has 0 radical (unpaired) electrons. The van der Waals surface area contributed by atoms with Gasteiger partial charge in [-0.1, -0.05) is 0 Å². The maximum atomic E-state index is 9.07. The lowest BCUT2D eigenvalue weighted by Crippen LogP contribution is -2.12. The topological polar surface area (TPSA) is 66.5 Å². The van der Waals surface area contributed by atoms with Crippen molar-refractivity contribution in [1.82, 2.24) is 0 Å². The summed E-state index contributed by atoms with van der Waals surface area (Å²) in [5.41, 5.74) is 5.44. The molecule has 0 spiro atoms. The summed E-state index contributed by atoms with van der Waals surface area (Å²) in [5, 5.41) is 19.4. The molecule has 1 unspecified atom stereocenters. The standard InChI is InChI=1S/C6H9NO2S/c7-4(3-8)6-5(9)1-2-10-6/h1-2,4,8-9H,3,7H2. The third kappa shape index (κ3) is 1.29. The predicted octanol–water partition coefficient (Wildman–Crippen LogP) is 0.446. The Balaban J connectivity index is 2.82. The SMILES string of the molecule is NC(CO)c1sccc1O. The molecule has 4 N–H and O–H groups in total. The minimum absolute atomic E-state index is 0.131. The highest BCUT2D eigenvalue weighted by Crippen LogP contribution is 2.27. The van der Waals surface area contributed by atoms with Crippen LogP contribution in [-0.2, 0) is 0 Å². The summed E-state index contributed by atoms with van der Waals surface area (Å²) >= 11 is 1.35. The van der Waals surface area contributed by atoms with E-state index in [9.17, 15) is 0 Å². The summed E-state index contributed by atoms with van der Waals surface area (Å²) in [7, 11) is 0. The van der Waals surface area contributed by atoms with E-state index in [2.05, 4.69) is 0 Å². The van der Waals surface area contributed by atoms with Crippen LogP contribution in [0.4, 0.5) is 0 Å². The zero-order valence-electron chi connectivity index (χ0n) is 5.32. The van der Waals surface area contributed by atoms with Crippen molar-refractivity contribution < 1.29 is 10.2 Å². The predicted molar refractivity (Wildman–Crippen MR) is 40.0 cm³/mol. The fraction of sp³-hybridized carbons (Fsp3) is 0.333. The number of aliphatic hydroxyl groups excluding tert-OH is 1. The Morgan fingerprint density at radius 1 is 1.70 bits per heavy atom. The van der Waals surface area contributed by atoms with Crippen LogP contribution in [0.3, 0.4) is 0 Å². The largest absolute Gasteiger partial charge is 0.507 e. The van der Waals surface area contributed by atoms with Gasteiger partial charge in [0.15, 0.2) is 0 Å². The number of aromatic hydroxyl groups is 1. The maximum Gasteiger partial charge on any atom is 0.131 e. The van der Waals surface area contributed by atoms with Gasteiger partial charge >= 0.3 is 0 Å². The summed E-state index contributed by atoms with van der Waals surface area (Å²) in [4.78, 5) is 0.641. The second-order valence-corrected chi connectivity index (χ2v) is 2.91. The molecule has 0 saturated heterocycles. The first-order valence-electron chi connectivity index (χ1n) is 2.88. The number of thiophene rings is 1. The molecule has 1 aromatic rings. The third-order valence-corrected chi connectivity index (χ3v) is 2.24. The lowest BCUT2D eigenvalue weighted by molar-refractivity contribution is 0.267. The molecule has 1 heterocycles. The van der Waals surface area contributed by atoms with Crippen LogP contribution in [-0.4, -0.2) is 16.8 Å². The number of nitrogens with two attached hydrogens (primary N) is 1. The van der Waals surface area contributed by atoms with E-state index in [1.807, 2.05) is 0 Å². The molecule has 0 bridgehead atoms. The Morgan fingerprint density at radius 3 is 2.80 bits per heavy atom. The van der Waals surface area contributed by atoms with Gasteiger partial charge in [-0.3, -0.25) is 0 Å². The van der Waals surface area contributed by atoms with E-state index in [1.165, 1.54) is 11.3 Å². The van der Waals surface area contributed by atoms with Crippen LogP contribution < -0.4 is 5.73 Å².